The summed E-state index contributed by atoms with van der Waals surface area (Å²) < 4.78 is 5.76. The van der Waals surface area contributed by atoms with Gasteiger partial charge in [-0.2, -0.15) is 0 Å². The van der Waals surface area contributed by atoms with E-state index < -0.39 is 0 Å². The number of nitrogens with zero attached hydrogens (tertiary/aromatic N) is 1. The quantitative estimate of drug-likeness (QED) is 0.899. The third-order valence-electron chi connectivity index (χ3n) is 3.62. The lowest BCUT2D eigenvalue weighted by Gasteiger charge is -2.17. The number of para-hydroxylation sites is 1. The Morgan fingerprint density at radius 3 is 2.94 bits per heavy atom. The van der Waals surface area contributed by atoms with Crippen LogP contribution in [-0.2, 0) is 19.5 Å². The first kappa shape index (κ1) is 11.4. The second kappa shape index (κ2) is 4.50. The SMILES string of the molecule is Cc1oc(CN2CCc3ccccc32)cc1CN. The normalized spacial score (nSPS) is 14.0. The van der Waals surface area contributed by atoms with E-state index in [4.69, 9.17) is 10.2 Å². The third-order valence-corrected chi connectivity index (χ3v) is 3.62. The minimum Gasteiger partial charge on any atom is -0.464 e. The number of furan rings is 1. The fourth-order valence-electron chi connectivity index (χ4n) is 2.63. The van der Waals surface area contributed by atoms with Crippen molar-refractivity contribution < 1.29 is 4.42 Å². The number of hydrogen-bond acceptors (Lipinski definition) is 3. The van der Waals surface area contributed by atoms with Crippen LogP contribution in [-0.4, -0.2) is 6.54 Å². The first-order valence-electron chi connectivity index (χ1n) is 6.39. The molecular weight excluding hydrogens is 224 g/mol. The van der Waals surface area contributed by atoms with Gasteiger partial charge in [0.2, 0.25) is 0 Å². The molecule has 2 aromatic rings. The van der Waals surface area contributed by atoms with Gasteiger partial charge < -0.3 is 15.1 Å². The van der Waals surface area contributed by atoms with Crippen molar-refractivity contribution in [2.45, 2.75) is 26.4 Å². The summed E-state index contributed by atoms with van der Waals surface area (Å²) >= 11 is 0. The monoisotopic (exact) mass is 242 g/mol. The van der Waals surface area contributed by atoms with Gasteiger partial charge in [-0.05, 0) is 31.0 Å². The van der Waals surface area contributed by atoms with Crippen molar-refractivity contribution in [3.8, 4) is 0 Å². The molecule has 2 N–H and O–H groups in total. The molecule has 0 atom stereocenters. The largest absolute Gasteiger partial charge is 0.464 e. The van der Waals surface area contributed by atoms with Gasteiger partial charge in [-0.15, -0.1) is 0 Å². The summed E-state index contributed by atoms with van der Waals surface area (Å²) in [5.74, 6) is 1.95. The summed E-state index contributed by atoms with van der Waals surface area (Å²) in [6.07, 6.45) is 1.12. The van der Waals surface area contributed by atoms with Gasteiger partial charge in [0, 0.05) is 24.3 Å². The van der Waals surface area contributed by atoms with Crippen LogP contribution in [0.15, 0.2) is 34.7 Å². The Bertz CT molecular complexity index is 559. The van der Waals surface area contributed by atoms with Gasteiger partial charge in [-0.1, -0.05) is 18.2 Å². The predicted molar refractivity (Wildman–Crippen MR) is 72.5 cm³/mol. The second-order valence-electron chi connectivity index (χ2n) is 4.80. The van der Waals surface area contributed by atoms with Crippen molar-refractivity contribution >= 4 is 5.69 Å². The lowest BCUT2D eigenvalue weighted by Crippen LogP contribution is -2.19. The lowest BCUT2D eigenvalue weighted by molar-refractivity contribution is 0.477. The minimum atomic E-state index is 0.548. The first-order chi connectivity index (χ1) is 8.78. The summed E-state index contributed by atoms with van der Waals surface area (Å²) in [4.78, 5) is 2.37. The van der Waals surface area contributed by atoms with Crippen LogP contribution in [0.3, 0.4) is 0 Å². The molecule has 1 aromatic heterocycles. The van der Waals surface area contributed by atoms with Crippen molar-refractivity contribution in [1.29, 1.82) is 0 Å². The van der Waals surface area contributed by atoms with E-state index in [1.807, 2.05) is 6.92 Å². The van der Waals surface area contributed by atoms with Crippen LogP contribution in [0.1, 0.15) is 22.6 Å². The van der Waals surface area contributed by atoms with Gasteiger partial charge in [0.25, 0.3) is 0 Å². The molecule has 0 saturated carbocycles. The highest BCUT2D eigenvalue weighted by molar-refractivity contribution is 5.57. The molecule has 3 rings (SSSR count). The van der Waals surface area contributed by atoms with Crippen LogP contribution in [0.5, 0.6) is 0 Å². The number of anilines is 1. The Morgan fingerprint density at radius 2 is 2.17 bits per heavy atom. The molecule has 0 saturated heterocycles. The zero-order chi connectivity index (χ0) is 12.5. The number of hydrogen-bond donors (Lipinski definition) is 1. The highest BCUT2D eigenvalue weighted by atomic mass is 16.3. The van der Waals surface area contributed by atoms with Gasteiger partial charge in [0.05, 0.1) is 6.54 Å². The van der Waals surface area contributed by atoms with Gasteiger partial charge in [0.15, 0.2) is 0 Å². The van der Waals surface area contributed by atoms with Crippen LogP contribution in [0.2, 0.25) is 0 Å². The van der Waals surface area contributed by atoms with Crippen molar-refractivity contribution in [3.05, 3.63) is 53.0 Å². The topological polar surface area (TPSA) is 42.4 Å². The summed E-state index contributed by atoms with van der Waals surface area (Å²) in [6.45, 7) is 4.42. The molecule has 3 heteroatoms. The van der Waals surface area contributed by atoms with Gasteiger partial charge in [-0.25, -0.2) is 0 Å². The Hall–Kier alpha value is -1.74. The van der Waals surface area contributed by atoms with Gasteiger partial charge in [0.1, 0.15) is 11.5 Å². The molecule has 0 aliphatic carbocycles. The van der Waals surface area contributed by atoms with E-state index in [-0.39, 0.29) is 0 Å². The standard InChI is InChI=1S/C15H18N2O/c1-11-13(9-16)8-14(18-11)10-17-7-6-12-4-2-3-5-15(12)17/h2-5,8H,6-7,9-10,16H2,1H3. The minimum absolute atomic E-state index is 0.548. The van der Waals surface area contributed by atoms with Crippen LogP contribution >= 0.6 is 0 Å². The summed E-state index contributed by atoms with van der Waals surface area (Å²) in [5, 5.41) is 0. The van der Waals surface area contributed by atoms with E-state index in [1.165, 1.54) is 11.3 Å². The van der Waals surface area contributed by atoms with Crippen molar-refractivity contribution in [1.82, 2.24) is 0 Å². The highest BCUT2D eigenvalue weighted by Crippen LogP contribution is 2.29. The van der Waals surface area contributed by atoms with E-state index in [0.717, 1.165) is 36.6 Å². The third kappa shape index (κ3) is 1.91. The first-order valence-corrected chi connectivity index (χ1v) is 6.39. The Labute approximate surface area is 107 Å². The average Bonchev–Trinajstić information content (AvgIpc) is 2.94. The van der Waals surface area contributed by atoms with Crippen molar-refractivity contribution in [3.63, 3.8) is 0 Å². The van der Waals surface area contributed by atoms with E-state index in [9.17, 15) is 0 Å². The molecule has 1 aliphatic rings. The molecule has 0 amide bonds. The van der Waals surface area contributed by atoms with Gasteiger partial charge in [-0.3, -0.25) is 0 Å². The number of nitrogens with two attached hydrogens (primary N) is 1. The van der Waals surface area contributed by atoms with E-state index in [1.54, 1.807) is 0 Å². The second-order valence-corrected chi connectivity index (χ2v) is 4.80. The van der Waals surface area contributed by atoms with E-state index >= 15 is 0 Å². The smallest absolute Gasteiger partial charge is 0.123 e. The maximum absolute atomic E-state index is 5.76. The van der Waals surface area contributed by atoms with Gasteiger partial charge >= 0.3 is 0 Å². The highest BCUT2D eigenvalue weighted by Gasteiger charge is 2.19. The summed E-state index contributed by atoms with van der Waals surface area (Å²) in [6, 6.07) is 10.7. The fraction of sp³-hybridized carbons (Fsp3) is 0.333. The molecule has 1 aromatic carbocycles. The predicted octanol–water partition coefficient (Wildman–Crippen LogP) is 2.61. The zero-order valence-corrected chi connectivity index (χ0v) is 10.6. The average molecular weight is 242 g/mol. The fourth-order valence-corrected chi connectivity index (χ4v) is 2.63. The summed E-state index contributed by atoms with van der Waals surface area (Å²) in [5.41, 5.74) is 9.55. The maximum Gasteiger partial charge on any atom is 0.123 e. The molecule has 18 heavy (non-hydrogen) atoms. The molecule has 3 nitrogen and oxygen atoms in total. The molecule has 0 bridgehead atoms. The molecule has 94 valence electrons. The van der Waals surface area contributed by atoms with Crippen LogP contribution in [0.25, 0.3) is 0 Å². The number of aryl methyl sites for hydroxylation is 1. The molecule has 0 radical (unpaired) electrons. The number of fused-ring (bicyclic) bond motifs is 1. The molecule has 2 heterocycles. The molecule has 0 fully saturated rings. The van der Waals surface area contributed by atoms with Crippen molar-refractivity contribution in [2.24, 2.45) is 5.73 Å². The molecular formula is C15H18N2O. The zero-order valence-electron chi connectivity index (χ0n) is 10.6. The maximum atomic E-state index is 5.76. The summed E-state index contributed by atoms with van der Waals surface area (Å²) in [7, 11) is 0. The Morgan fingerprint density at radius 1 is 1.33 bits per heavy atom. The Balaban J connectivity index is 1.82. The van der Waals surface area contributed by atoms with Crippen LogP contribution < -0.4 is 10.6 Å². The lowest BCUT2D eigenvalue weighted by atomic mass is 10.2. The van der Waals surface area contributed by atoms with E-state index in [0.29, 0.717) is 6.54 Å². The number of benzene rings is 1. The Kier molecular flexibility index (Phi) is 2.84. The molecule has 0 spiro atoms. The van der Waals surface area contributed by atoms with Crippen LogP contribution in [0.4, 0.5) is 5.69 Å². The van der Waals surface area contributed by atoms with Crippen molar-refractivity contribution in [2.75, 3.05) is 11.4 Å². The molecule has 1 aliphatic heterocycles. The molecule has 0 unspecified atom stereocenters. The number of rotatable bonds is 3. The van der Waals surface area contributed by atoms with Crippen LogP contribution in [0, 0.1) is 6.92 Å². The van der Waals surface area contributed by atoms with E-state index in [2.05, 4.69) is 35.2 Å².